The van der Waals surface area contributed by atoms with E-state index in [4.69, 9.17) is 5.11 Å². The number of nitrogens with one attached hydrogen (secondary N) is 1. The Bertz CT molecular complexity index is 783. The van der Waals surface area contributed by atoms with Gasteiger partial charge in [0.25, 0.3) is 10.0 Å². The fourth-order valence-electron chi connectivity index (χ4n) is 1.62. The van der Waals surface area contributed by atoms with Gasteiger partial charge in [-0.15, -0.1) is 11.3 Å². The number of benzene rings is 1. The zero-order chi connectivity index (χ0) is 15.6. The number of rotatable bonds is 5. The standard InChI is InChI=1S/C13H12FNO4S2/c1-2-9-4-6-12(20-9)21(18,19)15-11-5-3-8(13(16)17)7-10(11)14/h3-7,15H,2H2,1H3,(H,16,17). The Labute approximate surface area is 125 Å². The van der Waals surface area contributed by atoms with Crippen molar-refractivity contribution < 1.29 is 22.7 Å². The van der Waals surface area contributed by atoms with Crippen molar-refractivity contribution in [2.75, 3.05) is 4.72 Å². The lowest BCUT2D eigenvalue weighted by atomic mass is 10.2. The lowest BCUT2D eigenvalue weighted by molar-refractivity contribution is 0.0696. The third kappa shape index (κ3) is 3.40. The first-order valence-corrected chi connectivity index (χ1v) is 8.28. The molecule has 0 atom stereocenters. The molecule has 0 aliphatic heterocycles. The van der Waals surface area contributed by atoms with Crippen molar-refractivity contribution in [2.45, 2.75) is 17.6 Å². The molecule has 0 fully saturated rings. The average molecular weight is 329 g/mol. The number of anilines is 1. The van der Waals surface area contributed by atoms with Crippen LogP contribution in [0.5, 0.6) is 0 Å². The second-order valence-corrected chi connectivity index (χ2v) is 7.26. The molecule has 112 valence electrons. The molecule has 0 saturated heterocycles. The highest BCUT2D eigenvalue weighted by Crippen LogP contribution is 2.25. The molecular weight excluding hydrogens is 317 g/mol. The van der Waals surface area contributed by atoms with Gasteiger partial charge in [0.05, 0.1) is 11.3 Å². The topological polar surface area (TPSA) is 83.5 Å². The predicted molar refractivity (Wildman–Crippen MR) is 77.9 cm³/mol. The summed E-state index contributed by atoms with van der Waals surface area (Å²) in [6, 6.07) is 6.14. The van der Waals surface area contributed by atoms with E-state index in [1.807, 2.05) is 6.92 Å². The van der Waals surface area contributed by atoms with Crippen LogP contribution in [-0.2, 0) is 16.4 Å². The minimum Gasteiger partial charge on any atom is -0.478 e. The van der Waals surface area contributed by atoms with Crippen molar-refractivity contribution in [3.8, 4) is 0 Å². The first-order chi connectivity index (χ1) is 9.83. The van der Waals surface area contributed by atoms with E-state index >= 15 is 0 Å². The van der Waals surface area contributed by atoms with Crippen LogP contribution < -0.4 is 4.72 Å². The zero-order valence-corrected chi connectivity index (χ0v) is 12.6. The third-order valence-corrected chi connectivity index (χ3v) is 5.80. The van der Waals surface area contributed by atoms with Crippen LogP contribution in [0.15, 0.2) is 34.5 Å². The molecule has 8 heteroatoms. The van der Waals surface area contributed by atoms with Gasteiger partial charge in [-0.2, -0.15) is 0 Å². The van der Waals surface area contributed by atoms with Gasteiger partial charge in [0.15, 0.2) is 0 Å². The molecule has 0 spiro atoms. The van der Waals surface area contributed by atoms with Crippen LogP contribution in [0, 0.1) is 5.82 Å². The largest absolute Gasteiger partial charge is 0.478 e. The van der Waals surface area contributed by atoms with Crippen molar-refractivity contribution in [3.63, 3.8) is 0 Å². The summed E-state index contributed by atoms with van der Waals surface area (Å²) < 4.78 is 40.2. The van der Waals surface area contributed by atoms with Crippen LogP contribution in [0.2, 0.25) is 0 Å². The summed E-state index contributed by atoms with van der Waals surface area (Å²) in [6.07, 6.45) is 0.710. The number of halogens is 1. The molecule has 1 aromatic carbocycles. The molecule has 2 aromatic rings. The van der Waals surface area contributed by atoms with Gasteiger partial charge in [0.1, 0.15) is 10.0 Å². The fourth-order valence-corrected chi connectivity index (χ4v) is 3.98. The second-order valence-electron chi connectivity index (χ2n) is 4.18. The molecule has 21 heavy (non-hydrogen) atoms. The molecule has 0 amide bonds. The van der Waals surface area contributed by atoms with E-state index < -0.39 is 21.8 Å². The van der Waals surface area contributed by atoms with Gasteiger partial charge < -0.3 is 5.11 Å². The Hall–Kier alpha value is -1.93. The van der Waals surface area contributed by atoms with E-state index in [0.29, 0.717) is 6.42 Å². The maximum Gasteiger partial charge on any atom is 0.335 e. The number of thiophene rings is 1. The summed E-state index contributed by atoms with van der Waals surface area (Å²) in [6.45, 7) is 1.90. The SMILES string of the molecule is CCc1ccc(S(=O)(=O)Nc2ccc(C(=O)O)cc2F)s1. The van der Waals surface area contributed by atoms with Crippen LogP contribution in [0.4, 0.5) is 10.1 Å². The van der Waals surface area contributed by atoms with Crippen molar-refractivity contribution in [2.24, 2.45) is 0 Å². The van der Waals surface area contributed by atoms with Gasteiger partial charge in [-0.3, -0.25) is 4.72 Å². The quantitative estimate of drug-likeness (QED) is 0.883. The second kappa shape index (κ2) is 5.82. The Morgan fingerprint density at radius 1 is 1.33 bits per heavy atom. The van der Waals surface area contributed by atoms with Gasteiger partial charge >= 0.3 is 5.97 Å². The van der Waals surface area contributed by atoms with Gasteiger partial charge in [-0.25, -0.2) is 17.6 Å². The lowest BCUT2D eigenvalue weighted by Gasteiger charge is -2.07. The van der Waals surface area contributed by atoms with E-state index in [1.54, 1.807) is 6.07 Å². The summed E-state index contributed by atoms with van der Waals surface area (Å²) in [4.78, 5) is 11.6. The van der Waals surface area contributed by atoms with Gasteiger partial charge in [0, 0.05) is 4.88 Å². The molecule has 2 N–H and O–H groups in total. The highest BCUT2D eigenvalue weighted by Gasteiger charge is 2.19. The minimum atomic E-state index is -3.88. The van der Waals surface area contributed by atoms with Gasteiger partial charge in [-0.05, 0) is 36.8 Å². The third-order valence-electron chi connectivity index (χ3n) is 2.71. The molecule has 0 unspecified atom stereocenters. The molecular formula is C13H12FNO4S2. The van der Waals surface area contributed by atoms with Crippen LogP contribution in [0.1, 0.15) is 22.2 Å². The van der Waals surface area contributed by atoms with Crippen LogP contribution in [0.3, 0.4) is 0 Å². The molecule has 0 aliphatic carbocycles. The summed E-state index contributed by atoms with van der Waals surface area (Å²) in [5.41, 5.74) is -0.536. The Kier molecular flexibility index (Phi) is 4.29. The van der Waals surface area contributed by atoms with E-state index in [-0.39, 0.29) is 15.5 Å². The number of sulfonamides is 1. The molecule has 0 saturated carbocycles. The van der Waals surface area contributed by atoms with Crippen molar-refractivity contribution in [1.29, 1.82) is 0 Å². The minimum absolute atomic E-state index is 0.0843. The highest BCUT2D eigenvalue weighted by atomic mass is 32.2. The molecule has 0 radical (unpaired) electrons. The first kappa shape index (κ1) is 15.5. The van der Waals surface area contributed by atoms with Crippen molar-refractivity contribution in [3.05, 3.63) is 46.6 Å². The molecule has 1 aromatic heterocycles. The monoisotopic (exact) mass is 329 g/mol. The maximum absolute atomic E-state index is 13.7. The molecule has 0 bridgehead atoms. The summed E-state index contributed by atoms with van der Waals surface area (Å²) in [5.74, 6) is -2.22. The van der Waals surface area contributed by atoms with Gasteiger partial charge in [-0.1, -0.05) is 6.92 Å². The molecule has 2 rings (SSSR count). The van der Waals surface area contributed by atoms with E-state index in [2.05, 4.69) is 4.72 Å². The number of carboxylic acids is 1. The Morgan fingerprint density at radius 3 is 2.57 bits per heavy atom. The summed E-state index contributed by atoms with van der Waals surface area (Å²) in [7, 11) is -3.88. The molecule has 0 aliphatic rings. The normalized spacial score (nSPS) is 11.3. The molecule has 5 nitrogen and oxygen atoms in total. The zero-order valence-electron chi connectivity index (χ0n) is 11.0. The maximum atomic E-state index is 13.7. The van der Waals surface area contributed by atoms with Gasteiger partial charge in [0.2, 0.25) is 0 Å². The van der Waals surface area contributed by atoms with E-state index in [0.717, 1.165) is 34.4 Å². The number of hydrogen-bond donors (Lipinski definition) is 2. The van der Waals surface area contributed by atoms with E-state index in [1.165, 1.54) is 6.07 Å². The van der Waals surface area contributed by atoms with Crippen LogP contribution in [-0.4, -0.2) is 19.5 Å². The van der Waals surface area contributed by atoms with E-state index in [9.17, 15) is 17.6 Å². The number of hydrogen-bond acceptors (Lipinski definition) is 4. The number of carboxylic acid groups (broad SMARTS) is 1. The predicted octanol–water partition coefficient (Wildman–Crippen LogP) is 2.95. The van der Waals surface area contributed by atoms with Crippen molar-refractivity contribution in [1.82, 2.24) is 0 Å². The summed E-state index contributed by atoms with van der Waals surface area (Å²) in [5, 5.41) is 8.74. The number of aryl methyl sites for hydroxylation is 1. The average Bonchev–Trinajstić information content (AvgIpc) is 2.90. The van der Waals surface area contributed by atoms with Crippen molar-refractivity contribution >= 4 is 33.0 Å². The Balaban J connectivity index is 2.30. The lowest BCUT2D eigenvalue weighted by Crippen LogP contribution is -2.13. The highest BCUT2D eigenvalue weighted by molar-refractivity contribution is 7.94. The number of carbonyl (C=O) groups is 1. The van der Waals surface area contributed by atoms with Crippen LogP contribution >= 0.6 is 11.3 Å². The smallest absolute Gasteiger partial charge is 0.335 e. The number of aromatic carboxylic acids is 1. The summed E-state index contributed by atoms with van der Waals surface area (Å²) >= 11 is 1.11. The Morgan fingerprint density at radius 2 is 2.05 bits per heavy atom. The molecule has 1 heterocycles. The fraction of sp³-hybridized carbons (Fsp3) is 0.154. The first-order valence-electron chi connectivity index (χ1n) is 5.98. The van der Waals surface area contributed by atoms with Crippen LogP contribution in [0.25, 0.3) is 0 Å².